The molecule has 0 unspecified atom stereocenters. The fourth-order valence-corrected chi connectivity index (χ4v) is 5.28. The standard InChI is InChI=1S/C20H26ClNO3S2/c1-14(2)17-12-20(15(3)11-19(17)25-4)27(23,24)22-9-10-26-13-16-7-5-6-8-18(16)21/h5-8,11-12,14,22H,9-10,13H2,1-4H3. The molecule has 0 aliphatic carbocycles. The average molecular weight is 428 g/mol. The molecule has 0 heterocycles. The van der Waals surface area contributed by atoms with Gasteiger partial charge in [-0.15, -0.1) is 0 Å². The molecule has 0 saturated heterocycles. The summed E-state index contributed by atoms with van der Waals surface area (Å²) in [6.07, 6.45) is 0. The summed E-state index contributed by atoms with van der Waals surface area (Å²) in [5, 5.41) is 0.737. The van der Waals surface area contributed by atoms with E-state index in [1.807, 2.05) is 38.1 Å². The molecule has 0 aliphatic rings. The second-order valence-corrected chi connectivity index (χ2v) is 9.80. The molecule has 0 aromatic heterocycles. The van der Waals surface area contributed by atoms with Crippen LogP contribution in [0.4, 0.5) is 0 Å². The van der Waals surface area contributed by atoms with Gasteiger partial charge in [0.25, 0.3) is 0 Å². The first-order chi connectivity index (χ1) is 12.8. The topological polar surface area (TPSA) is 55.4 Å². The van der Waals surface area contributed by atoms with E-state index in [9.17, 15) is 8.42 Å². The minimum Gasteiger partial charge on any atom is -0.496 e. The molecule has 0 aliphatic heterocycles. The van der Waals surface area contributed by atoms with Gasteiger partial charge in [-0.2, -0.15) is 11.8 Å². The fourth-order valence-electron chi connectivity index (χ4n) is 2.72. The number of rotatable bonds is 9. The number of ether oxygens (including phenoxy) is 1. The van der Waals surface area contributed by atoms with E-state index in [4.69, 9.17) is 16.3 Å². The monoisotopic (exact) mass is 427 g/mol. The third-order valence-electron chi connectivity index (χ3n) is 4.19. The van der Waals surface area contributed by atoms with Crippen LogP contribution in [0.3, 0.4) is 0 Å². The van der Waals surface area contributed by atoms with Gasteiger partial charge in [-0.1, -0.05) is 43.6 Å². The maximum absolute atomic E-state index is 12.7. The molecule has 2 aromatic rings. The molecule has 0 fully saturated rings. The van der Waals surface area contributed by atoms with Crippen molar-refractivity contribution in [2.75, 3.05) is 19.4 Å². The molecule has 2 rings (SSSR count). The van der Waals surface area contributed by atoms with E-state index in [0.717, 1.165) is 27.7 Å². The summed E-state index contributed by atoms with van der Waals surface area (Å²) in [6.45, 7) is 6.18. The summed E-state index contributed by atoms with van der Waals surface area (Å²) >= 11 is 7.78. The highest BCUT2D eigenvalue weighted by atomic mass is 35.5. The van der Waals surface area contributed by atoms with Crippen molar-refractivity contribution in [1.82, 2.24) is 4.72 Å². The summed E-state index contributed by atoms with van der Waals surface area (Å²) in [7, 11) is -1.97. The Balaban J connectivity index is 2.00. The van der Waals surface area contributed by atoms with Gasteiger partial charge in [0.05, 0.1) is 12.0 Å². The second kappa shape index (κ2) is 9.82. The summed E-state index contributed by atoms with van der Waals surface area (Å²) in [5.74, 6) is 2.30. The molecular weight excluding hydrogens is 402 g/mol. The molecule has 2 aromatic carbocycles. The summed E-state index contributed by atoms with van der Waals surface area (Å²) in [6, 6.07) is 11.2. The molecule has 0 radical (unpaired) electrons. The minimum absolute atomic E-state index is 0.167. The highest BCUT2D eigenvalue weighted by molar-refractivity contribution is 7.98. The predicted molar refractivity (Wildman–Crippen MR) is 115 cm³/mol. The second-order valence-electron chi connectivity index (χ2n) is 6.56. The van der Waals surface area contributed by atoms with E-state index >= 15 is 0 Å². The van der Waals surface area contributed by atoms with E-state index in [0.29, 0.717) is 22.8 Å². The Bertz CT molecular complexity index is 883. The molecule has 0 amide bonds. The molecular formula is C20H26ClNO3S2. The highest BCUT2D eigenvalue weighted by Gasteiger charge is 2.20. The SMILES string of the molecule is COc1cc(C)c(S(=O)(=O)NCCSCc2ccccc2Cl)cc1C(C)C. The first kappa shape index (κ1) is 22.1. The zero-order valence-corrected chi connectivity index (χ0v) is 18.5. The Kier molecular flexibility index (Phi) is 8.04. The maximum Gasteiger partial charge on any atom is 0.240 e. The Morgan fingerprint density at radius 3 is 2.56 bits per heavy atom. The zero-order chi connectivity index (χ0) is 20.0. The summed E-state index contributed by atoms with van der Waals surface area (Å²) in [5.41, 5.74) is 2.61. The normalized spacial score (nSPS) is 11.8. The van der Waals surface area contributed by atoms with Gasteiger partial charge in [0.2, 0.25) is 10.0 Å². The fraction of sp³-hybridized carbons (Fsp3) is 0.400. The first-order valence-corrected chi connectivity index (χ1v) is 11.8. The van der Waals surface area contributed by atoms with Crippen LogP contribution in [-0.4, -0.2) is 27.8 Å². The van der Waals surface area contributed by atoms with Gasteiger partial charge < -0.3 is 4.74 Å². The lowest BCUT2D eigenvalue weighted by molar-refractivity contribution is 0.406. The molecule has 7 heteroatoms. The van der Waals surface area contributed by atoms with E-state index < -0.39 is 10.0 Å². The van der Waals surface area contributed by atoms with Crippen LogP contribution >= 0.6 is 23.4 Å². The molecule has 27 heavy (non-hydrogen) atoms. The van der Waals surface area contributed by atoms with Crippen LogP contribution < -0.4 is 9.46 Å². The van der Waals surface area contributed by atoms with Crippen molar-refractivity contribution in [2.24, 2.45) is 0 Å². The third kappa shape index (κ3) is 5.88. The van der Waals surface area contributed by atoms with Crippen molar-refractivity contribution >= 4 is 33.4 Å². The number of hydrogen-bond acceptors (Lipinski definition) is 4. The third-order valence-corrected chi connectivity index (χ3v) is 7.17. The smallest absolute Gasteiger partial charge is 0.240 e. The quantitative estimate of drug-likeness (QED) is 0.572. The molecule has 0 spiro atoms. The van der Waals surface area contributed by atoms with Gasteiger partial charge in [0.15, 0.2) is 0 Å². The van der Waals surface area contributed by atoms with Gasteiger partial charge in [-0.05, 0) is 47.7 Å². The van der Waals surface area contributed by atoms with Crippen LogP contribution in [0.25, 0.3) is 0 Å². The predicted octanol–water partition coefficient (Wildman–Crippen LogP) is 4.99. The molecule has 0 bridgehead atoms. The minimum atomic E-state index is -3.57. The molecule has 1 N–H and O–H groups in total. The van der Waals surface area contributed by atoms with Crippen molar-refractivity contribution in [3.63, 3.8) is 0 Å². The van der Waals surface area contributed by atoms with Crippen molar-refractivity contribution in [1.29, 1.82) is 0 Å². The first-order valence-electron chi connectivity index (χ1n) is 8.75. The Labute approximate surface area is 171 Å². The van der Waals surface area contributed by atoms with Crippen molar-refractivity contribution < 1.29 is 13.2 Å². The van der Waals surface area contributed by atoms with Crippen LogP contribution in [0.1, 0.15) is 36.5 Å². The molecule has 0 atom stereocenters. The number of halogens is 1. The zero-order valence-electron chi connectivity index (χ0n) is 16.1. The van der Waals surface area contributed by atoms with Crippen molar-refractivity contribution in [3.8, 4) is 5.75 Å². The Morgan fingerprint density at radius 2 is 1.93 bits per heavy atom. The van der Waals surface area contributed by atoms with Crippen LogP contribution in [-0.2, 0) is 15.8 Å². The molecule has 148 valence electrons. The van der Waals surface area contributed by atoms with E-state index in [1.54, 1.807) is 37.9 Å². The van der Waals surface area contributed by atoms with Gasteiger partial charge in [-0.3, -0.25) is 0 Å². The Morgan fingerprint density at radius 1 is 1.22 bits per heavy atom. The van der Waals surface area contributed by atoms with Crippen LogP contribution in [0, 0.1) is 6.92 Å². The van der Waals surface area contributed by atoms with Gasteiger partial charge in [0.1, 0.15) is 5.75 Å². The van der Waals surface area contributed by atoms with Gasteiger partial charge >= 0.3 is 0 Å². The van der Waals surface area contributed by atoms with Crippen molar-refractivity contribution in [2.45, 2.75) is 37.3 Å². The van der Waals surface area contributed by atoms with E-state index in [2.05, 4.69) is 4.72 Å². The molecule has 0 saturated carbocycles. The maximum atomic E-state index is 12.7. The van der Waals surface area contributed by atoms with Crippen LogP contribution in [0.2, 0.25) is 5.02 Å². The molecule has 4 nitrogen and oxygen atoms in total. The number of thioether (sulfide) groups is 1. The number of methoxy groups -OCH3 is 1. The lowest BCUT2D eigenvalue weighted by Gasteiger charge is -2.16. The van der Waals surface area contributed by atoms with Gasteiger partial charge in [-0.25, -0.2) is 13.1 Å². The summed E-state index contributed by atoms with van der Waals surface area (Å²) in [4.78, 5) is 0.308. The lowest BCUT2D eigenvalue weighted by atomic mass is 10.0. The van der Waals surface area contributed by atoms with Crippen LogP contribution in [0.15, 0.2) is 41.3 Å². The number of benzene rings is 2. The largest absolute Gasteiger partial charge is 0.496 e. The summed E-state index contributed by atoms with van der Waals surface area (Å²) < 4.78 is 33.6. The number of aryl methyl sites for hydroxylation is 1. The lowest BCUT2D eigenvalue weighted by Crippen LogP contribution is -2.27. The Hall–Kier alpha value is -1.21. The average Bonchev–Trinajstić information content (AvgIpc) is 2.62. The van der Waals surface area contributed by atoms with Gasteiger partial charge in [0, 0.05) is 23.1 Å². The van der Waals surface area contributed by atoms with Crippen LogP contribution in [0.5, 0.6) is 5.75 Å². The number of sulfonamides is 1. The van der Waals surface area contributed by atoms with E-state index in [-0.39, 0.29) is 5.92 Å². The number of hydrogen-bond donors (Lipinski definition) is 1. The van der Waals surface area contributed by atoms with Crippen molar-refractivity contribution in [3.05, 3.63) is 58.1 Å². The highest BCUT2D eigenvalue weighted by Crippen LogP contribution is 2.31. The number of nitrogens with one attached hydrogen (secondary N) is 1. The van der Waals surface area contributed by atoms with E-state index in [1.165, 1.54) is 0 Å².